The smallest absolute Gasteiger partial charge is 0.422 e. The predicted molar refractivity (Wildman–Crippen MR) is 70.1 cm³/mol. The topological polar surface area (TPSA) is 64.4 Å². The van der Waals surface area contributed by atoms with Gasteiger partial charge in [-0.15, -0.1) is 0 Å². The zero-order valence-corrected chi connectivity index (χ0v) is 11.5. The minimum atomic E-state index is -4.52. The summed E-state index contributed by atoms with van der Waals surface area (Å²) in [4.78, 5) is 15.2. The van der Waals surface area contributed by atoms with E-state index in [0.717, 1.165) is 5.52 Å². The van der Waals surface area contributed by atoms with Crippen molar-refractivity contribution in [2.75, 3.05) is 18.9 Å². The van der Waals surface area contributed by atoms with Crippen molar-refractivity contribution in [2.45, 2.75) is 11.4 Å². The number of oxazole rings is 1. The first kappa shape index (κ1) is 15.5. The molecule has 1 aromatic heterocycles. The summed E-state index contributed by atoms with van der Waals surface area (Å²) < 4.78 is 44.8. The summed E-state index contributed by atoms with van der Waals surface area (Å²) in [6.45, 7) is -1.46. The van der Waals surface area contributed by atoms with Crippen molar-refractivity contribution in [3.63, 3.8) is 0 Å². The number of rotatable bonds is 5. The van der Waals surface area contributed by atoms with Crippen LogP contribution in [0.15, 0.2) is 33.9 Å². The second-order valence-corrected chi connectivity index (χ2v) is 4.96. The Kier molecular flexibility index (Phi) is 4.94. The number of amides is 1. The Balaban J connectivity index is 1.68. The van der Waals surface area contributed by atoms with E-state index in [4.69, 9.17) is 4.42 Å². The molecule has 21 heavy (non-hydrogen) atoms. The molecule has 0 aliphatic carbocycles. The largest absolute Gasteiger partial charge is 0.440 e. The number of aromatic nitrogens is 1. The molecule has 2 aromatic rings. The van der Waals surface area contributed by atoms with Crippen LogP contribution in [0.2, 0.25) is 0 Å². The highest BCUT2D eigenvalue weighted by Gasteiger charge is 2.29. The summed E-state index contributed by atoms with van der Waals surface area (Å²) in [5.41, 5.74) is 1.37. The van der Waals surface area contributed by atoms with Gasteiger partial charge < -0.3 is 14.5 Å². The van der Waals surface area contributed by atoms with E-state index in [1.54, 1.807) is 12.1 Å². The number of nitrogens with zero attached hydrogens (tertiary/aromatic N) is 1. The van der Waals surface area contributed by atoms with Crippen LogP contribution in [0.25, 0.3) is 11.1 Å². The van der Waals surface area contributed by atoms with Crippen LogP contribution in [0.3, 0.4) is 0 Å². The molecule has 0 saturated heterocycles. The highest BCUT2D eigenvalue weighted by atomic mass is 32.2. The number of alkyl halides is 3. The summed E-state index contributed by atoms with van der Waals surface area (Å²) >= 11 is 1.24. The van der Waals surface area contributed by atoms with Gasteiger partial charge >= 0.3 is 12.3 Å². The Morgan fingerprint density at radius 1 is 1.38 bits per heavy atom. The molecule has 2 rings (SSSR count). The molecule has 0 spiro atoms. The summed E-state index contributed by atoms with van der Waals surface area (Å²) in [6, 6.07) is 7.23. The first-order chi connectivity index (χ1) is 9.94. The normalized spacial score (nSPS) is 11.6. The fourth-order valence-electron chi connectivity index (χ4n) is 1.40. The summed E-state index contributed by atoms with van der Waals surface area (Å²) in [7, 11) is 0. The lowest BCUT2D eigenvalue weighted by Crippen LogP contribution is -2.30. The van der Waals surface area contributed by atoms with E-state index in [2.05, 4.69) is 15.0 Å². The number of nitrogens with one attached hydrogen (secondary N) is 1. The zero-order valence-electron chi connectivity index (χ0n) is 10.6. The Morgan fingerprint density at radius 3 is 2.86 bits per heavy atom. The molecule has 0 aliphatic rings. The van der Waals surface area contributed by atoms with Crippen LogP contribution in [-0.2, 0) is 4.74 Å². The molecule has 1 N–H and O–H groups in total. The van der Waals surface area contributed by atoms with E-state index >= 15 is 0 Å². The minimum absolute atomic E-state index is 0.139. The first-order valence-corrected chi connectivity index (χ1v) is 6.88. The summed E-state index contributed by atoms with van der Waals surface area (Å²) in [6.07, 6.45) is -5.63. The second-order valence-electron chi connectivity index (χ2n) is 3.91. The molecule has 0 atom stereocenters. The van der Waals surface area contributed by atoms with Gasteiger partial charge in [0.25, 0.3) is 5.22 Å². The van der Waals surface area contributed by atoms with Crippen LogP contribution in [0.4, 0.5) is 18.0 Å². The van der Waals surface area contributed by atoms with E-state index in [9.17, 15) is 18.0 Å². The van der Waals surface area contributed by atoms with Gasteiger partial charge in [-0.3, -0.25) is 0 Å². The third-order valence-electron chi connectivity index (χ3n) is 2.24. The van der Waals surface area contributed by atoms with Crippen LogP contribution in [0.5, 0.6) is 0 Å². The lowest BCUT2D eigenvalue weighted by atomic mass is 10.3. The van der Waals surface area contributed by atoms with Gasteiger partial charge in [-0.2, -0.15) is 13.2 Å². The Hall–Kier alpha value is -1.90. The molecule has 114 valence electrons. The van der Waals surface area contributed by atoms with E-state index in [0.29, 0.717) is 16.6 Å². The fraction of sp³-hybridized carbons (Fsp3) is 0.333. The maximum absolute atomic E-state index is 11.8. The first-order valence-electron chi connectivity index (χ1n) is 5.90. The van der Waals surface area contributed by atoms with E-state index in [-0.39, 0.29) is 6.54 Å². The molecule has 0 bridgehead atoms. The minimum Gasteiger partial charge on any atom is -0.440 e. The van der Waals surface area contributed by atoms with Gasteiger partial charge in [0.2, 0.25) is 0 Å². The summed E-state index contributed by atoms with van der Waals surface area (Å²) in [5.74, 6) is 0.397. The van der Waals surface area contributed by atoms with E-state index < -0.39 is 18.9 Å². The number of para-hydroxylation sites is 2. The van der Waals surface area contributed by atoms with Gasteiger partial charge in [0, 0.05) is 12.3 Å². The summed E-state index contributed by atoms with van der Waals surface area (Å²) in [5, 5.41) is 2.64. The number of carbonyl (C=O) groups excluding carboxylic acids is 1. The van der Waals surface area contributed by atoms with Crippen molar-refractivity contribution in [3.05, 3.63) is 24.3 Å². The molecule has 0 saturated carbocycles. The van der Waals surface area contributed by atoms with E-state index in [1.165, 1.54) is 11.8 Å². The van der Waals surface area contributed by atoms with Crippen LogP contribution in [0, 0.1) is 0 Å². The van der Waals surface area contributed by atoms with Crippen molar-refractivity contribution in [1.82, 2.24) is 10.3 Å². The molecule has 1 aromatic carbocycles. The molecular weight excluding hydrogens is 309 g/mol. The van der Waals surface area contributed by atoms with Crippen LogP contribution >= 0.6 is 11.8 Å². The fourth-order valence-corrected chi connectivity index (χ4v) is 2.09. The van der Waals surface area contributed by atoms with Crippen LogP contribution in [0.1, 0.15) is 0 Å². The maximum Gasteiger partial charge on any atom is 0.422 e. The Morgan fingerprint density at radius 2 is 2.14 bits per heavy atom. The third kappa shape index (κ3) is 5.18. The van der Waals surface area contributed by atoms with Crippen molar-refractivity contribution in [2.24, 2.45) is 0 Å². The van der Waals surface area contributed by atoms with Crippen molar-refractivity contribution < 1.29 is 27.1 Å². The van der Waals surface area contributed by atoms with E-state index in [1.807, 2.05) is 12.1 Å². The molecule has 1 amide bonds. The average Bonchev–Trinajstić information content (AvgIpc) is 2.83. The van der Waals surface area contributed by atoms with Crippen molar-refractivity contribution >= 4 is 29.0 Å². The standard InChI is InChI=1S/C12H11F3N2O3S/c13-12(14,15)7-19-10(18)16-5-6-21-11-17-8-3-1-2-4-9(8)20-11/h1-4H,5-7H2,(H,16,18). The van der Waals surface area contributed by atoms with Gasteiger partial charge in [0.1, 0.15) is 5.52 Å². The predicted octanol–water partition coefficient (Wildman–Crippen LogP) is 3.21. The molecule has 0 fully saturated rings. The number of halogens is 3. The molecule has 9 heteroatoms. The van der Waals surface area contributed by atoms with Crippen molar-refractivity contribution in [1.29, 1.82) is 0 Å². The lowest BCUT2D eigenvalue weighted by Gasteiger charge is -2.08. The Labute approximate surface area is 121 Å². The molecule has 0 aliphatic heterocycles. The average molecular weight is 320 g/mol. The molecule has 5 nitrogen and oxygen atoms in total. The van der Waals surface area contributed by atoms with Gasteiger partial charge in [-0.1, -0.05) is 23.9 Å². The SMILES string of the molecule is O=C(NCCSc1nc2ccccc2o1)OCC(F)(F)F. The quantitative estimate of drug-likeness (QED) is 0.677. The molecule has 0 unspecified atom stereocenters. The highest BCUT2D eigenvalue weighted by Crippen LogP contribution is 2.22. The maximum atomic E-state index is 11.8. The molecule has 0 radical (unpaired) electrons. The van der Waals surface area contributed by atoms with Gasteiger partial charge in [0.05, 0.1) is 0 Å². The number of carbonyl (C=O) groups is 1. The molecule has 1 heterocycles. The number of hydrogen-bond acceptors (Lipinski definition) is 5. The number of thioether (sulfide) groups is 1. The van der Waals surface area contributed by atoms with Crippen LogP contribution < -0.4 is 5.32 Å². The number of fused-ring (bicyclic) bond motifs is 1. The van der Waals surface area contributed by atoms with Gasteiger partial charge in [-0.25, -0.2) is 9.78 Å². The zero-order chi connectivity index (χ0) is 15.3. The van der Waals surface area contributed by atoms with Crippen molar-refractivity contribution in [3.8, 4) is 0 Å². The lowest BCUT2D eigenvalue weighted by molar-refractivity contribution is -0.160. The third-order valence-corrected chi connectivity index (χ3v) is 3.07. The highest BCUT2D eigenvalue weighted by molar-refractivity contribution is 7.99. The molecular formula is C12H11F3N2O3S. The number of benzene rings is 1. The number of hydrogen-bond donors (Lipinski definition) is 1. The second kappa shape index (κ2) is 6.70. The van der Waals surface area contributed by atoms with Crippen LogP contribution in [-0.4, -0.2) is 36.2 Å². The monoisotopic (exact) mass is 320 g/mol. The number of ether oxygens (including phenoxy) is 1. The number of alkyl carbamates (subject to hydrolysis) is 1. The van der Waals surface area contributed by atoms with Gasteiger partial charge in [-0.05, 0) is 12.1 Å². The Bertz CT molecular complexity index is 582. The van der Waals surface area contributed by atoms with Gasteiger partial charge in [0.15, 0.2) is 12.2 Å².